The first-order chi connectivity index (χ1) is 67.3. The summed E-state index contributed by atoms with van der Waals surface area (Å²) in [5.41, 5.74) is 20.0. The van der Waals surface area contributed by atoms with Crippen LogP contribution in [0, 0.1) is 85.9 Å². The Hall–Kier alpha value is -10.0. The number of carbonyl (C=O) groups excluding carboxylic acids is 1. The molecule has 11 nitrogen and oxygen atoms in total. The number of aryl methyl sites for hydroxylation is 4. The van der Waals surface area contributed by atoms with Gasteiger partial charge >= 0.3 is 6.18 Å². The zero-order valence-electron chi connectivity index (χ0n) is 81.2. The van der Waals surface area contributed by atoms with Gasteiger partial charge in [-0.05, 0) is 132 Å². The van der Waals surface area contributed by atoms with Gasteiger partial charge in [-0.25, -0.2) is 0 Å². The maximum atomic E-state index is 13.2. The molecule has 0 unspecified atom stereocenters. The van der Waals surface area contributed by atoms with E-state index in [9.17, 15) is 31.1 Å². The molecule has 0 aliphatic heterocycles. The Kier molecular flexibility index (Phi) is 75.4. The number of nitrogens with zero attached hydrogens (tertiary/aromatic N) is 9. The van der Waals surface area contributed by atoms with Crippen LogP contribution in [-0.4, -0.2) is 55.7 Å². The Morgan fingerprint density at radius 3 is 0.905 bits per heavy atom. The van der Waals surface area contributed by atoms with E-state index < -0.39 is 23.4 Å². The summed E-state index contributed by atoms with van der Waals surface area (Å²) in [5, 5.41) is 8.36. The van der Waals surface area contributed by atoms with Crippen LogP contribution >= 0.6 is 0 Å². The van der Waals surface area contributed by atoms with Crippen LogP contribution in [0.15, 0.2) is 401 Å². The minimum atomic E-state index is -4.34. The van der Waals surface area contributed by atoms with Crippen molar-refractivity contribution in [2.24, 2.45) is 0 Å². The molecule has 0 saturated carbocycles. The van der Waals surface area contributed by atoms with Crippen molar-refractivity contribution < 1.29 is 217 Å². The van der Waals surface area contributed by atoms with Gasteiger partial charge in [-0.1, -0.05) is 206 Å². The Bertz CT molecular complexity index is 6030. The molecule has 0 aliphatic rings. The molecule has 0 bridgehead atoms. The van der Waals surface area contributed by atoms with Gasteiger partial charge in [0.25, 0.3) is 0 Å². The topological polar surface area (TPSA) is 153 Å². The van der Waals surface area contributed by atoms with Gasteiger partial charge in [-0.3, -0.25) is 18.0 Å². The third-order valence-electron chi connectivity index (χ3n) is 19.9. The molecular weight excluding hydrogens is 3460 g/mol. The maximum Gasteiger partial charge on any atom is 0.417 e. The summed E-state index contributed by atoms with van der Waals surface area (Å²) in [6.45, 7) is 11.4. The molecule has 9 aromatic carbocycles. The second kappa shape index (κ2) is 80.9. The Morgan fingerprint density at radius 1 is 0.299 bits per heavy atom. The van der Waals surface area contributed by atoms with E-state index in [-0.39, 0.29) is 204 Å². The van der Waals surface area contributed by atoms with Gasteiger partial charge in [0.15, 0.2) is 5.78 Å². The number of rotatable bonds is 22. The first-order valence-electron chi connectivity index (χ1n) is 45.4. The molecule has 781 valence electrons. The fraction of sp³-hybridized carbons (Fsp3) is 0.157. The molecule has 0 aliphatic carbocycles. The smallest absolute Gasteiger partial charge is 0.417 e. The van der Waals surface area contributed by atoms with Gasteiger partial charge < -0.3 is 50.0 Å². The summed E-state index contributed by atoms with van der Waals surface area (Å²) < 4.78 is 75.2. The molecular formula is C121H108F6Ir9N9O2-9. The third kappa shape index (κ3) is 54.8. The van der Waals surface area contributed by atoms with Gasteiger partial charge in [0, 0.05) is 260 Å². The molecule has 18 rings (SSSR count). The van der Waals surface area contributed by atoms with Crippen molar-refractivity contribution in [1.82, 2.24) is 44.9 Å². The van der Waals surface area contributed by atoms with Crippen LogP contribution < -0.4 is 0 Å². The fourth-order valence-electron chi connectivity index (χ4n) is 12.8. The van der Waals surface area contributed by atoms with Crippen molar-refractivity contribution >= 4 is 5.78 Å². The fourth-order valence-corrected chi connectivity index (χ4v) is 12.8. The number of aliphatic hydroxyl groups excluding tert-OH is 1. The first-order valence-corrected chi connectivity index (χ1v) is 45.4. The summed E-state index contributed by atoms with van der Waals surface area (Å²) >= 11 is 0. The van der Waals surface area contributed by atoms with Crippen LogP contribution in [0.4, 0.5) is 26.3 Å². The molecule has 0 atom stereocenters. The van der Waals surface area contributed by atoms with Crippen LogP contribution in [-0.2, 0) is 205 Å². The Morgan fingerprint density at radius 2 is 0.612 bits per heavy atom. The standard InChI is InChI=1S/C19H24N.C17H20N.C12H7F3N.2C12H10N.C11H6F2N.C11H7FN.2C11H8N.C5H8O2.9Ir/c1-2-3-4-5-6-7-10-17-12-14-18(15-13-17)19-11-8-9-16-20-19;1-2-3-4-6-9-15-12-13-17(18-14-15)16-10-7-5-8-11-16;13-12(14,15)10-6-7-11(16-8-10)9-4-2-1-3-5-9;1-10-5-7-11(8-6-10)12-4-2-3-9-13-12;1-10-7-8-12(13-9-10)11-5-3-2-4-6-11;12-8-4-5-9(10(13)7-8)11-3-1-2-6-14-11;12-10-6-4-9(5-7-10)11-3-1-2-8-13-11;2*1-2-6-10(7-3-1)11-8-4-5-9-12-11;1-4(6)3-5(2)7;;;;;;;;;/h8-9,11-14,16H,2-7,10H2,1H3;5,7-8,10,12-14H,2-4,6,9H2,1H3;1-4,6-8H;2-7,9H,1H3;2-5,7-9H,1H3;1-4,6-7H;1-4,6-8H;2*1-6,8-9H;3,6H,1-2H3;;;;;;;;;/q9*-1;;;;;;;;;;. The monoisotopic (exact) mass is 3570 g/mol. The molecule has 9 aromatic heterocycles. The number of carbonyl (C=O) groups is 1. The molecule has 0 saturated heterocycles. The normalized spacial score (nSPS) is 9.70. The maximum absolute atomic E-state index is 13.2. The number of hydrogen-bond acceptors (Lipinski definition) is 11. The summed E-state index contributed by atoms with van der Waals surface area (Å²) in [4.78, 5) is 47.7. The molecule has 26 heteroatoms. The average molecular weight is 3560 g/mol. The molecule has 1 N–H and O–H groups in total. The van der Waals surface area contributed by atoms with E-state index in [4.69, 9.17) is 5.11 Å². The quantitative estimate of drug-likeness (QED) is 0.0227. The van der Waals surface area contributed by atoms with Crippen molar-refractivity contribution in [2.45, 2.75) is 125 Å². The van der Waals surface area contributed by atoms with Crippen LogP contribution in [0.1, 0.15) is 120 Å². The number of aromatic nitrogens is 9. The van der Waals surface area contributed by atoms with Gasteiger partial charge in [-0.15, -0.1) is 292 Å². The van der Waals surface area contributed by atoms with Gasteiger partial charge in [0.1, 0.15) is 0 Å². The summed E-state index contributed by atoms with van der Waals surface area (Å²) in [6.07, 6.45) is 27.6. The Labute approximate surface area is 984 Å². The van der Waals surface area contributed by atoms with Crippen LogP contribution in [0.2, 0.25) is 0 Å². The number of unbranched alkanes of at least 4 members (excludes halogenated alkanes) is 8. The second-order valence-corrected chi connectivity index (χ2v) is 30.9. The summed E-state index contributed by atoms with van der Waals surface area (Å²) in [7, 11) is 0. The number of hydrogen-bond donors (Lipinski definition) is 1. The molecule has 9 radical (unpaired) electrons. The molecule has 0 spiro atoms. The number of alkyl halides is 3. The van der Waals surface area contributed by atoms with E-state index in [1.807, 2.05) is 232 Å². The number of ketones is 1. The summed E-state index contributed by atoms with van der Waals surface area (Å²) in [5.74, 6) is -1.63. The number of benzene rings is 9. The van der Waals surface area contributed by atoms with E-state index in [1.165, 1.54) is 131 Å². The number of allylic oxidation sites excluding steroid dienone is 2. The van der Waals surface area contributed by atoms with E-state index >= 15 is 0 Å². The zero-order valence-corrected chi connectivity index (χ0v) is 103. The Balaban J connectivity index is 0.00000161. The number of aliphatic hydroxyl groups is 1. The van der Waals surface area contributed by atoms with Crippen molar-refractivity contribution in [1.29, 1.82) is 0 Å². The molecule has 18 aromatic rings. The predicted octanol–water partition coefficient (Wildman–Crippen LogP) is 31.0. The molecule has 0 fully saturated rings. The van der Waals surface area contributed by atoms with Crippen molar-refractivity contribution in [3.8, 4) is 101 Å². The van der Waals surface area contributed by atoms with E-state index in [0.717, 1.165) is 110 Å². The van der Waals surface area contributed by atoms with Crippen LogP contribution in [0.3, 0.4) is 0 Å². The molecule has 147 heavy (non-hydrogen) atoms. The van der Waals surface area contributed by atoms with Crippen LogP contribution in [0.25, 0.3) is 101 Å². The minimum Gasteiger partial charge on any atom is -0.512 e. The van der Waals surface area contributed by atoms with Gasteiger partial charge in [0.05, 0.1) is 11.3 Å². The molecule has 0 amide bonds. The minimum absolute atomic E-state index is 0. The summed E-state index contributed by atoms with van der Waals surface area (Å²) in [6, 6.07) is 130. The number of halogens is 6. The van der Waals surface area contributed by atoms with Crippen LogP contribution in [0.5, 0.6) is 0 Å². The largest absolute Gasteiger partial charge is 0.512 e. The van der Waals surface area contributed by atoms with Crippen molar-refractivity contribution in [3.05, 3.63) is 501 Å². The average Bonchev–Trinajstić information content (AvgIpc) is 0.846. The molecule has 9 heterocycles. The van der Waals surface area contributed by atoms with Crippen molar-refractivity contribution in [3.63, 3.8) is 0 Å². The van der Waals surface area contributed by atoms with Gasteiger partial charge in [-0.2, -0.15) is 13.2 Å². The third-order valence-corrected chi connectivity index (χ3v) is 19.9. The number of pyridine rings is 9. The van der Waals surface area contributed by atoms with E-state index in [1.54, 1.807) is 79.5 Å². The second-order valence-electron chi connectivity index (χ2n) is 30.9. The first kappa shape index (κ1) is 137. The zero-order chi connectivity index (χ0) is 97.8. The SMILES string of the molecule is CC(=O)C=C(C)O.CCCCCCCCc1c[c-]c(-c2ccccn2)cc1.CCCCCCc1ccc(-c2[c-]cccc2)nc1.Cc1c[c-]c(-c2ccccn2)cc1.Cc1ccc(-c2[c-]cccc2)nc1.FC(F)(F)c1ccc(-c2[c-]cccc2)nc1.Fc1c[c-]c(-c2ccccn2)c(F)c1.Fc1c[c-]c(-c2ccccn2)cc1.[Ir].[Ir].[Ir].[Ir].[Ir].[Ir].[Ir].[Ir].[Ir].[c-]1ccccc1-c1ccccn1.[c-]1ccccc1-c1ccccn1. The van der Waals surface area contributed by atoms with Gasteiger partial charge in [0.2, 0.25) is 0 Å². The van der Waals surface area contributed by atoms with E-state index in [0.29, 0.717) is 17.0 Å². The van der Waals surface area contributed by atoms with E-state index in [2.05, 4.69) is 163 Å². The van der Waals surface area contributed by atoms with Crippen molar-refractivity contribution in [2.75, 3.05) is 0 Å². The predicted molar refractivity (Wildman–Crippen MR) is 543 cm³/mol.